The second kappa shape index (κ2) is 9.10. The Labute approximate surface area is 186 Å². The topological polar surface area (TPSA) is 67.8 Å². The molecule has 3 aromatic rings. The van der Waals surface area contributed by atoms with Gasteiger partial charge in [0.25, 0.3) is 5.91 Å². The summed E-state index contributed by atoms with van der Waals surface area (Å²) in [5.41, 5.74) is 1.88. The van der Waals surface area contributed by atoms with E-state index in [1.165, 1.54) is 12.4 Å². The second-order valence-electron chi connectivity index (χ2n) is 8.70. The van der Waals surface area contributed by atoms with Gasteiger partial charge in [0.2, 0.25) is 0 Å². The fourth-order valence-corrected chi connectivity index (χ4v) is 4.31. The Balaban J connectivity index is 1.79. The normalized spacial score (nSPS) is 18.2. The van der Waals surface area contributed by atoms with Crippen LogP contribution in [0.5, 0.6) is 0 Å². The van der Waals surface area contributed by atoms with Gasteiger partial charge in [-0.3, -0.25) is 9.78 Å². The maximum absolute atomic E-state index is 14.7. The molecule has 0 bridgehead atoms. The van der Waals surface area contributed by atoms with Crippen LogP contribution in [0.1, 0.15) is 73.7 Å². The van der Waals surface area contributed by atoms with Crippen molar-refractivity contribution in [3.05, 3.63) is 71.6 Å². The molecule has 166 valence electrons. The number of hydrogen-bond acceptors (Lipinski definition) is 4. The molecule has 32 heavy (non-hydrogen) atoms. The quantitative estimate of drug-likeness (QED) is 0.525. The van der Waals surface area contributed by atoms with Crippen molar-refractivity contribution in [3.63, 3.8) is 0 Å². The van der Waals surface area contributed by atoms with Gasteiger partial charge in [-0.1, -0.05) is 33.6 Å². The van der Waals surface area contributed by atoms with Crippen LogP contribution in [0.4, 0.5) is 14.5 Å². The van der Waals surface area contributed by atoms with Crippen LogP contribution in [0.2, 0.25) is 0 Å². The highest BCUT2D eigenvalue weighted by molar-refractivity contribution is 6.06. The minimum Gasteiger partial charge on any atom is -0.320 e. The summed E-state index contributed by atoms with van der Waals surface area (Å²) in [6.07, 6.45) is 7.60. The number of benzene rings is 1. The summed E-state index contributed by atoms with van der Waals surface area (Å²) in [5, 5.41) is 2.92. The lowest BCUT2D eigenvalue weighted by Crippen LogP contribution is -2.18. The molecular formula is C25H26F2N4O. The molecule has 1 aromatic carbocycles. The zero-order chi connectivity index (χ0) is 22.8. The van der Waals surface area contributed by atoms with Crippen molar-refractivity contribution in [1.29, 1.82) is 0 Å². The van der Waals surface area contributed by atoms with E-state index < -0.39 is 17.5 Å². The fourth-order valence-electron chi connectivity index (χ4n) is 4.31. The number of pyridine rings is 1. The monoisotopic (exact) mass is 436 g/mol. The zero-order valence-corrected chi connectivity index (χ0v) is 18.4. The van der Waals surface area contributed by atoms with Gasteiger partial charge in [0.1, 0.15) is 17.5 Å². The SMILES string of the molecule is CC(C)c1ncc(C(=O)Nc2c(-c3cc(F)ccc3F)ccnc2C2CCCC2C)cn1. The van der Waals surface area contributed by atoms with Crippen LogP contribution in [0.15, 0.2) is 42.9 Å². The standard InChI is InChI=1S/C25H26F2N4O/c1-14(2)24-29-12-16(13-30-24)25(32)31-23-19(20-11-17(26)7-8-21(20)27)9-10-28-22(23)18-6-4-5-15(18)3/h7-15,18H,4-6H2,1-3H3,(H,31,32). The van der Waals surface area contributed by atoms with E-state index in [0.717, 1.165) is 37.5 Å². The number of amides is 1. The van der Waals surface area contributed by atoms with E-state index in [9.17, 15) is 13.6 Å². The van der Waals surface area contributed by atoms with Crippen LogP contribution < -0.4 is 5.32 Å². The third-order valence-corrected chi connectivity index (χ3v) is 6.10. The average Bonchev–Trinajstić information content (AvgIpc) is 3.21. The molecule has 2 heterocycles. The van der Waals surface area contributed by atoms with E-state index in [0.29, 0.717) is 28.7 Å². The predicted molar refractivity (Wildman–Crippen MR) is 119 cm³/mol. The fraction of sp³-hybridized carbons (Fsp3) is 0.360. The molecule has 0 saturated heterocycles. The number of rotatable bonds is 5. The summed E-state index contributed by atoms with van der Waals surface area (Å²) < 4.78 is 28.7. The van der Waals surface area contributed by atoms with E-state index in [2.05, 4.69) is 27.2 Å². The molecule has 2 unspecified atom stereocenters. The van der Waals surface area contributed by atoms with Crippen molar-refractivity contribution in [2.75, 3.05) is 5.32 Å². The van der Waals surface area contributed by atoms with Crippen molar-refractivity contribution >= 4 is 11.6 Å². The average molecular weight is 437 g/mol. The molecule has 2 aromatic heterocycles. The van der Waals surface area contributed by atoms with Crippen LogP contribution >= 0.6 is 0 Å². The van der Waals surface area contributed by atoms with Crippen molar-refractivity contribution in [2.45, 2.75) is 51.9 Å². The smallest absolute Gasteiger partial charge is 0.258 e. The predicted octanol–water partition coefficient (Wildman–Crippen LogP) is 6.10. The largest absolute Gasteiger partial charge is 0.320 e. The number of nitrogens with zero attached hydrogens (tertiary/aromatic N) is 3. The number of hydrogen-bond donors (Lipinski definition) is 1. The van der Waals surface area contributed by atoms with Gasteiger partial charge in [-0.05, 0) is 36.6 Å². The first-order valence-electron chi connectivity index (χ1n) is 10.9. The number of aromatic nitrogens is 3. The summed E-state index contributed by atoms with van der Waals surface area (Å²) in [4.78, 5) is 26.2. The molecule has 2 atom stereocenters. The van der Waals surface area contributed by atoms with Crippen molar-refractivity contribution in [3.8, 4) is 11.1 Å². The highest BCUT2D eigenvalue weighted by Gasteiger charge is 2.30. The van der Waals surface area contributed by atoms with Gasteiger partial charge in [0.05, 0.1) is 16.9 Å². The summed E-state index contributed by atoms with van der Waals surface area (Å²) in [6, 6.07) is 4.91. The van der Waals surface area contributed by atoms with E-state index in [1.807, 2.05) is 13.8 Å². The molecule has 0 aliphatic heterocycles. The Hall–Kier alpha value is -3.22. The van der Waals surface area contributed by atoms with E-state index in [1.54, 1.807) is 12.3 Å². The Morgan fingerprint density at radius 3 is 2.47 bits per heavy atom. The van der Waals surface area contributed by atoms with E-state index in [-0.39, 0.29) is 23.0 Å². The van der Waals surface area contributed by atoms with Gasteiger partial charge in [-0.25, -0.2) is 18.7 Å². The van der Waals surface area contributed by atoms with Gasteiger partial charge in [-0.2, -0.15) is 0 Å². The van der Waals surface area contributed by atoms with Crippen LogP contribution in [-0.4, -0.2) is 20.9 Å². The molecule has 0 spiro atoms. The molecule has 1 N–H and O–H groups in total. The van der Waals surface area contributed by atoms with Gasteiger partial charge >= 0.3 is 0 Å². The van der Waals surface area contributed by atoms with Crippen LogP contribution in [0.25, 0.3) is 11.1 Å². The Bertz CT molecular complexity index is 1130. The molecule has 1 aliphatic carbocycles. The number of carbonyl (C=O) groups is 1. The molecular weight excluding hydrogens is 410 g/mol. The number of nitrogens with one attached hydrogen (secondary N) is 1. The van der Waals surface area contributed by atoms with E-state index >= 15 is 0 Å². The molecule has 1 amide bonds. The third kappa shape index (κ3) is 4.38. The Morgan fingerprint density at radius 1 is 1.06 bits per heavy atom. The lowest BCUT2D eigenvalue weighted by molar-refractivity contribution is 0.102. The summed E-state index contributed by atoms with van der Waals surface area (Å²) in [7, 11) is 0. The first-order chi connectivity index (χ1) is 15.3. The van der Waals surface area contributed by atoms with Crippen molar-refractivity contribution < 1.29 is 13.6 Å². The number of anilines is 1. The first-order valence-corrected chi connectivity index (χ1v) is 10.9. The summed E-state index contributed by atoms with van der Waals surface area (Å²) in [5.74, 6) is -0.249. The molecule has 4 rings (SSSR count). The molecule has 1 fully saturated rings. The van der Waals surface area contributed by atoms with E-state index in [4.69, 9.17) is 0 Å². The molecule has 7 heteroatoms. The molecule has 5 nitrogen and oxygen atoms in total. The maximum atomic E-state index is 14.7. The second-order valence-corrected chi connectivity index (χ2v) is 8.70. The van der Waals surface area contributed by atoms with Crippen molar-refractivity contribution in [2.24, 2.45) is 5.92 Å². The highest BCUT2D eigenvalue weighted by atomic mass is 19.1. The van der Waals surface area contributed by atoms with Crippen LogP contribution in [0.3, 0.4) is 0 Å². The van der Waals surface area contributed by atoms with Crippen LogP contribution in [0, 0.1) is 17.6 Å². The highest BCUT2D eigenvalue weighted by Crippen LogP contribution is 2.44. The lowest BCUT2D eigenvalue weighted by Gasteiger charge is -2.22. The van der Waals surface area contributed by atoms with Gasteiger partial charge in [0, 0.05) is 41.6 Å². The first kappa shape index (κ1) is 22.0. The zero-order valence-electron chi connectivity index (χ0n) is 18.4. The number of halogens is 2. The molecule has 0 radical (unpaired) electrons. The minimum atomic E-state index is -0.567. The number of carbonyl (C=O) groups excluding carboxylic acids is 1. The van der Waals surface area contributed by atoms with Gasteiger partial charge in [0.15, 0.2) is 0 Å². The lowest BCUT2D eigenvalue weighted by atomic mass is 9.90. The molecule has 1 saturated carbocycles. The van der Waals surface area contributed by atoms with Crippen LogP contribution in [-0.2, 0) is 0 Å². The third-order valence-electron chi connectivity index (χ3n) is 6.10. The Morgan fingerprint density at radius 2 is 1.81 bits per heavy atom. The Kier molecular flexibility index (Phi) is 6.26. The van der Waals surface area contributed by atoms with Gasteiger partial charge in [-0.15, -0.1) is 0 Å². The minimum absolute atomic E-state index is 0.0843. The summed E-state index contributed by atoms with van der Waals surface area (Å²) >= 11 is 0. The maximum Gasteiger partial charge on any atom is 0.258 e. The van der Waals surface area contributed by atoms with Gasteiger partial charge < -0.3 is 5.32 Å². The molecule has 1 aliphatic rings. The van der Waals surface area contributed by atoms with Crippen molar-refractivity contribution in [1.82, 2.24) is 15.0 Å². The summed E-state index contributed by atoms with van der Waals surface area (Å²) in [6.45, 7) is 6.10.